The average Bonchev–Trinajstić information content (AvgIpc) is 3.00. The Morgan fingerprint density at radius 1 is 1.09 bits per heavy atom. The van der Waals surface area contributed by atoms with Gasteiger partial charge in [-0.05, 0) is 41.8 Å². The van der Waals surface area contributed by atoms with Gasteiger partial charge in [-0.1, -0.05) is 40.2 Å². The van der Waals surface area contributed by atoms with E-state index in [9.17, 15) is 8.42 Å². The largest absolute Gasteiger partial charge is 0.263 e. The van der Waals surface area contributed by atoms with Crippen LogP contribution in [0.3, 0.4) is 0 Å². The monoisotopic (exact) mass is 408 g/mol. The zero-order valence-corrected chi connectivity index (χ0v) is 15.4. The van der Waals surface area contributed by atoms with Crippen molar-refractivity contribution >= 4 is 43.1 Å². The summed E-state index contributed by atoms with van der Waals surface area (Å²) in [6.07, 6.45) is 0. The highest BCUT2D eigenvalue weighted by atomic mass is 79.9. The molecule has 0 aliphatic rings. The Kier molecular flexibility index (Phi) is 4.52. The first-order valence-corrected chi connectivity index (χ1v) is 9.95. The maximum absolute atomic E-state index is 12.6. The molecule has 1 N–H and O–H groups in total. The molecule has 0 amide bonds. The number of aryl methyl sites for hydroxylation is 1. The lowest BCUT2D eigenvalue weighted by atomic mass is 10.0. The summed E-state index contributed by atoms with van der Waals surface area (Å²) < 4.78 is 28.7. The van der Waals surface area contributed by atoms with Gasteiger partial charge in [-0.15, -0.1) is 11.3 Å². The molecule has 0 bridgehead atoms. The molecule has 0 radical (unpaired) electrons. The van der Waals surface area contributed by atoms with E-state index in [1.54, 1.807) is 23.9 Å². The Balaban J connectivity index is 2.02. The first-order chi connectivity index (χ1) is 11.0. The number of anilines is 1. The van der Waals surface area contributed by atoms with Gasteiger partial charge in [-0.2, -0.15) is 0 Å². The molecule has 0 spiro atoms. The van der Waals surface area contributed by atoms with Gasteiger partial charge >= 0.3 is 0 Å². The summed E-state index contributed by atoms with van der Waals surface area (Å²) in [5.41, 5.74) is 4.08. The molecule has 118 valence electrons. The van der Waals surface area contributed by atoms with Crippen molar-refractivity contribution in [1.29, 1.82) is 0 Å². The van der Waals surface area contributed by atoms with Crippen LogP contribution in [0.4, 0.5) is 5.82 Å². The smallest absolute Gasteiger partial charge is 0.263 e. The second kappa shape index (κ2) is 6.43. The van der Waals surface area contributed by atoms with Crippen molar-refractivity contribution in [3.63, 3.8) is 0 Å². The lowest BCUT2D eigenvalue weighted by Gasteiger charge is -2.11. The molecule has 7 heteroatoms. The van der Waals surface area contributed by atoms with Crippen LogP contribution in [0.1, 0.15) is 5.56 Å². The van der Waals surface area contributed by atoms with Crippen molar-refractivity contribution in [1.82, 2.24) is 4.98 Å². The highest BCUT2D eigenvalue weighted by molar-refractivity contribution is 9.10. The quantitative estimate of drug-likeness (QED) is 0.681. The zero-order valence-electron chi connectivity index (χ0n) is 12.2. The van der Waals surface area contributed by atoms with Crippen molar-refractivity contribution in [3.05, 3.63) is 63.4 Å². The molecule has 3 rings (SSSR count). The van der Waals surface area contributed by atoms with Crippen LogP contribution in [0.15, 0.2) is 62.7 Å². The van der Waals surface area contributed by atoms with E-state index in [1.165, 1.54) is 11.3 Å². The third kappa shape index (κ3) is 3.63. The number of sulfonamides is 1. The van der Waals surface area contributed by atoms with Gasteiger partial charge in [0, 0.05) is 9.85 Å². The van der Waals surface area contributed by atoms with E-state index >= 15 is 0 Å². The molecule has 23 heavy (non-hydrogen) atoms. The fraction of sp³-hybridized carbons (Fsp3) is 0.0625. The van der Waals surface area contributed by atoms with Crippen LogP contribution < -0.4 is 4.72 Å². The maximum atomic E-state index is 12.6. The number of nitrogens with one attached hydrogen (secondary N) is 1. The van der Waals surface area contributed by atoms with E-state index in [-0.39, 0.29) is 4.90 Å². The first-order valence-electron chi connectivity index (χ1n) is 6.73. The van der Waals surface area contributed by atoms with Crippen LogP contribution in [0, 0.1) is 6.92 Å². The molecule has 0 aliphatic heterocycles. The second-order valence-corrected chi connectivity index (χ2v) is 8.25. The van der Waals surface area contributed by atoms with Crippen molar-refractivity contribution in [2.45, 2.75) is 11.8 Å². The Morgan fingerprint density at radius 2 is 1.78 bits per heavy atom. The normalized spacial score (nSPS) is 11.4. The summed E-state index contributed by atoms with van der Waals surface area (Å²) in [5.74, 6) is 0.337. The topological polar surface area (TPSA) is 59.1 Å². The van der Waals surface area contributed by atoms with Gasteiger partial charge in [0.15, 0.2) is 5.82 Å². The molecule has 0 fully saturated rings. The minimum atomic E-state index is -3.67. The number of nitrogens with zero attached hydrogens (tertiary/aromatic N) is 1. The molecule has 4 nitrogen and oxygen atoms in total. The van der Waals surface area contributed by atoms with Crippen LogP contribution in [-0.4, -0.2) is 13.4 Å². The Morgan fingerprint density at radius 3 is 2.43 bits per heavy atom. The average molecular weight is 409 g/mol. The van der Waals surface area contributed by atoms with Gasteiger partial charge in [-0.3, -0.25) is 4.72 Å². The summed E-state index contributed by atoms with van der Waals surface area (Å²) in [6.45, 7) is 1.78. The number of hydrogen-bond acceptors (Lipinski definition) is 4. The van der Waals surface area contributed by atoms with Crippen molar-refractivity contribution in [3.8, 4) is 11.1 Å². The lowest BCUT2D eigenvalue weighted by Crippen LogP contribution is -2.14. The molecule has 0 unspecified atom stereocenters. The van der Waals surface area contributed by atoms with Crippen molar-refractivity contribution in [2.75, 3.05) is 4.72 Å². The summed E-state index contributed by atoms with van der Waals surface area (Å²) in [4.78, 5) is 4.23. The number of halogens is 1. The fourth-order valence-corrected chi connectivity index (χ4v) is 4.26. The summed E-state index contributed by atoms with van der Waals surface area (Å²) in [7, 11) is -3.67. The van der Waals surface area contributed by atoms with E-state index in [0.717, 1.165) is 15.6 Å². The number of hydrogen-bond donors (Lipinski definition) is 1. The minimum absolute atomic E-state index is 0.255. The Labute approximate surface area is 147 Å². The first kappa shape index (κ1) is 16.2. The van der Waals surface area contributed by atoms with E-state index in [1.807, 2.05) is 36.4 Å². The number of thiazole rings is 1. The van der Waals surface area contributed by atoms with E-state index in [0.29, 0.717) is 11.4 Å². The Hall–Kier alpha value is -1.70. The molecule has 0 saturated carbocycles. The highest BCUT2D eigenvalue weighted by Gasteiger charge is 2.18. The van der Waals surface area contributed by atoms with Gasteiger partial charge < -0.3 is 0 Å². The van der Waals surface area contributed by atoms with Crippen LogP contribution in [0.5, 0.6) is 0 Å². The van der Waals surface area contributed by atoms with Gasteiger partial charge in [0.2, 0.25) is 0 Å². The fourth-order valence-electron chi connectivity index (χ4n) is 2.17. The molecule has 0 aliphatic carbocycles. The third-order valence-corrected chi connectivity index (χ3v) is 5.94. The zero-order chi connectivity index (χ0) is 16.4. The van der Waals surface area contributed by atoms with Gasteiger partial charge in [0.25, 0.3) is 10.0 Å². The minimum Gasteiger partial charge on any atom is -0.263 e. The van der Waals surface area contributed by atoms with Gasteiger partial charge in [0.05, 0.1) is 10.4 Å². The Bertz CT molecular complexity index is 921. The molecule has 3 aromatic rings. The van der Waals surface area contributed by atoms with Crippen LogP contribution >= 0.6 is 27.3 Å². The third-order valence-electron chi connectivity index (χ3n) is 3.33. The molecule has 1 aromatic heterocycles. The lowest BCUT2D eigenvalue weighted by molar-refractivity contribution is 0.600. The maximum Gasteiger partial charge on any atom is 0.263 e. The summed E-state index contributed by atoms with van der Waals surface area (Å²) in [5, 5.41) is 1.66. The van der Waals surface area contributed by atoms with Crippen LogP contribution in [-0.2, 0) is 10.0 Å². The highest BCUT2D eigenvalue weighted by Crippen LogP contribution is 2.27. The van der Waals surface area contributed by atoms with Crippen molar-refractivity contribution < 1.29 is 8.42 Å². The van der Waals surface area contributed by atoms with Crippen molar-refractivity contribution in [2.24, 2.45) is 0 Å². The summed E-state index contributed by atoms with van der Waals surface area (Å²) in [6, 6.07) is 13.2. The molecular weight excluding hydrogens is 396 g/mol. The molecule has 0 atom stereocenters. The predicted octanol–water partition coefficient (Wildman–Crippen LogP) is 4.68. The van der Waals surface area contributed by atoms with E-state index in [4.69, 9.17) is 0 Å². The summed E-state index contributed by atoms with van der Waals surface area (Å²) >= 11 is 4.74. The second-order valence-electron chi connectivity index (χ2n) is 4.97. The number of benzene rings is 2. The van der Waals surface area contributed by atoms with Crippen LogP contribution in [0.2, 0.25) is 0 Å². The number of rotatable bonds is 4. The van der Waals surface area contributed by atoms with E-state index < -0.39 is 10.0 Å². The van der Waals surface area contributed by atoms with E-state index in [2.05, 4.69) is 25.6 Å². The van der Waals surface area contributed by atoms with Gasteiger partial charge in [-0.25, -0.2) is 13.4 Å². The standard InChI is InChI=1S/C16H13BrN2O2S2/c1-11-2-3-13(12-4-6-14(17)7-5-12)8-15(11)23(20,21)19-16-9-22-10-18-16/h2-10,19H,1H3. The molecule has 2 aromatic carbocycles. The van der Waals surface area contributed by atoms with Crippen LogP contribution in [0.25, 0.3) is 11.1 Å². The molecule has 0 saturated heterocycles. The van der Waals surface area contributed by atoms with Gasteiger partial charge in [0.1, 0.15) is 0 Å². The molecular formula is C16H13BrN2O2S2. The number of aromatic nitrogens is 1. The molecule has 1 heterocycles. The predicted molar refractivity (Wildman–Crippen MR) is 97.2 cm³/mol. The SMILES string of the molecule is Cc1ccc(-c2ccc(Br)cc2)cc1S(=O)(=O)Nc1cscn1.